The first-order valence-electron chi connectivity index (χ1n) is 5.78. The number of nitrogens with zero attached hydrogens (tertiary/aromatic N) is 2. The molecule has 7 heteroatoms. The average molecular weight is 280 g/mol. The molecule has 0 amide bonds. The SMILES string of the molecule is Cn1nccc1S(=O)(=O)NCc1cccc(CN)c1. The molecule has 0 saturated carbocycles. The van der Waals surface area contributed by atoms with E-state index in [4.69, 9.17) is 5.73 Å². The van der Waals surface area contributed by atoms with Crippen LogP contribution in [0, 0.1) is 0 Å². The fraction of sp³-hybridized carbons (Fsp3) is 0.250. The normalized spacial score (nSPS) is 11.7. The van der Waals surface area contributed by atoms with Gasteiger partial charge in [0.15, 0.2) is 5.03 Å². The van der Waals surface area contributed by atoms with Crippen LogP contribution in [0.5, 0.6) is 0 Å². The number of rotatable bonds is 5. The van der Waals surface area contributed by atoms with Gasteiger partial charge in [-0.25, -0.2) is 13.1 Å². The largest absolute Gasteiger partial charge is 0.326 e. The summed E-state index contributed by atoms with van der Waals surface area (Å²) in [5.74, 6) is 0. The smallest absolute Gasteiger partial charge is 0.258 e. The van der Waals surface area contributed by atoms with Gasteiger partial charge in [0, 0.05) is 20.1 Å². The molecule has 0 bridgehead atoms. The molecule has 19 heavy (non-hydrogen) atoms. The van der Waals surface area contributed by atoms with Crippen LogP contribution in [0.25, 0.3) is 0 Å². The molecule has 0 unspecified atom stereocenters. The molecule has 3 N–H and O–H groups in total. The highest BCUT2D eigenvalue weighted by atomic mass is 32.2. The predicted molar refractivity (Wildman–Crippen MR) is 71.6 cm³/mol. The van der Waals surface area contributed by atoms with Gasteiger partial charge in [-0.2, -0.15) is 5.10 Å². The molecule has 1 heterocycles. The molecule has 0 aliphatic carbocycles. The standard InChI is InChI=1S/C12H16N4O2S/c1-16-12(5-6-14-16)19(17,18)15-9-11-4-2-3-10(7-11)8-13/h2-7,15H,8-9,13H2,1H3. The molecule has 1 aromatic heterocycles. The van der Waals surface area contributed by atoms with Crippen LogP contribution in [0.1, 0.15) is 11.1 Å². The molecule has 1 aromatic carbocycles. The maximum atomic E-state index is 12.0. The van der Waals surface area contributed by atoms with Gasteiger partial charge >= 0.3 is 0 Å². The van der Waals surface area contributed by atoms with Crippen molar-refractivity contribution in [2.24, 2.45) is 12.8 Å². The van der Waals surface area contributed by atoms with E-state index >= 15 is 0 Å². The highest BCUT2D eigenvalue weighted by molar-refractivity contribution is 7.89. The Labute approximate surface area is 112 Å². The van der Waals surface area contributed by atoms with Crippen LogP contribution in [0.3, 0.4) is 0 Å². The van der Waals surface area contributed by atoms with Crippen LogP contribution in [0.2, 0.25) is 0 Å². The Morgan fingerprint density at radius 3 is 2.68 bits per heavy atom. The lowest BCUT2D eigenvalue weighted by Crippen LogP contribution is -2.25. The number of hydrogen-bond donors (Lipinski definition) is 2. The minimum Gasteiger partial charge on any atom is -0.326 e. The Hall–Kier alpha value is -1.70. The van der Waals surface area contributed by atoms with Gasteiger partial charge in [0.25, 0.3) is 10.0 Å². The van der Waals surface area contributed by atoms with E-state index in [1.807, 2.05) is 24.3 Å². The van der Waals surface area contributed by atoms with Crippen LogP contribution < -0.4 is 10.5 Å². The number of nitrogens with two attached hydrogens (primary N) is 1. The molecule has 0 atom stereocenters. The van der Waals surface area contributed by atoms with Gasteiger partial charge in [0.05, 0.1) is 6.20 Å². The first kappa shape index (κ1) is 13.7. The molecule has 0 aliphatic rings. The Bertz CT molecular complexity index is 664. The van der Waals surface area contributed by atoms with Crippen LogP contribution >= 0.6 is 0 Å². The minimum absolute atomic E-state index is 0.141. The first-order chi connectivity index (χ1) is 9.03. The molecule has 0 spiro atoms. The van der Waals surface area contributed by atoms with Gasteiger partial charge in [-0.3, -0.25) is 4.68 Å². The summed E-state index contributed by atoms with van der Waals surface area (Å²) in [5, 5.41) is 3.99. The molecular weight excluding hydrogens is 264 g/mol. The van der Waals surface area contributed by atoms with E-state index < -0.39 is 10.0 Å². The van der Waals surface area contributed by atoms with E-state index in [-0.39, 0.29) is 11.6 Å². The summed E-state index contributed by atoms with van der Waals surface area (Å²) >= 11 is 0. The highest BCUT2D eigenvalue weighted by Gasteiger charge is 2.17. The lowest BCUT2D eigenvalue weighted by atomic mass is 10.1. The van der Waals surface area contributed by atoms with Crippen LogP contribution in [-0.2, 0) is 30.2 Å². The zero-order valence-corrected chi connectivity index (χ0v) is 11.4. The first-order valence-corrected chi connectivity index (χ1v) is 7.27. The van der Waals surface area contributed by atoms with Gasteiger partial charge in [-0.1, -0.05) is 24.3 Å². The highest BCUT2D eigenvalue weighted by Crippen LogP contribution is 2.09. The summed E-state index contributed by atoms with van der Waals surface area (Å²) < 4.78 is 27.9. The van der Waals surface area contributed by atoms with Crippen molar-refractivity contribution in [1.82, 2.24) is 14.5 Å². The zero-order chi connectivity index (χ0) is 13.9. The maximum absolute atomic E-state index is 12.0. The van der Waals surface area contributed by atoms with Crippen molar-refractivity contribution in [3.63, 3.8) is 0 Å². The van der Waals surface area contributed by atoms with Gasteiger partial charge in [-0.15, -0.1) is 0 Å². The second kappa shape index (κ2) is 5.52. The van der Waals surface area contributed by atoms with Crippen LogP contribution in [-0.4, -0.2) is 18.2 Å². The summed E-state index contributed by atoms with van der Waals surface area (Å²) in [6.07, 6.45) is 1.45. The van der Waals surface area contributed by atoms with E-state index in [1.54, 1.807) is 7.05 Å². The fourth-order valence-corrected chi connectivity index (χ4v) is 2.88. The number of benzene rings is 1. The number of nitrogens with one attached hydrogen (secondary N) is 1. The lowest BCUT2D eigenvalue weighted by molar-refractivity contribution is 0.563. The molecule has 0 radical (unpaired) electrons. The summed E-state index contributed by atoms with van der Waals surface area (Å²) in [4.78, 5) is 0. The molecule has 0 saturated heterocycles. The van der Waals surface area contributed by atoms with Gasteiger partial charge in [0.2, 0.25) is 0 Å². The average Bonchev–Trinajstić information content (AvgIpc) is 2.84. The molecule has 2 aromatic rings. The second-order valence-corrected chi connectivity index (χ2v) is 5.86. The Morgan fingerprint density at radius 2 is 2.05 bits per heavy atom. The van der Waals surface area contributed by atoms with E-state index in [0.717, 1.165) is 11.1 Å². The molecule has 102 valence electrons. The van der Waals surface area contributed by atoms with Crippen molar-refractivity contribution in [3.8, 4) is 0 Å². The minimum atomic E-state index is -3.55. The summed E-state index contributed by atoms with van der Waals surface area (Å²) in [6.45, 7) is 0.656. The van der Waals surface area contributed by atoms with E-state index in [9.17, 15) is 8.42 Å². The number of aromatic nitrogens is 2. The second-order valence-electron chi connectivity index (χ2n) is 4.14. The molecule has 6 nitrogen and oxygen atoms in total. The van der Waals surface area contributed by atoms with Crippen molar-refractivity contribution >= 4 is 10.0 Å². The van der Waals surface area contributed by atoms with E-state index in [2.05, 4.69) is 9.82 Å². The number of aryl methyl sites for hydroxylation is 1. The molecule has 2 rings (SSSR count). The fourth-order valence-electron chi connectivity index (χ4n) is 1.74. The number of hydrogen-bond acceptors (Lipinski definition) is 4. The third kappa shape index (κ3) is 3.19. The number of sulfonamides is 1. The van der Waals surface area contributed by atoms with Crippen molar-refractivity contribution in [3.05, 3.63) is 47.7 Å². The quantitative estimate of drug-likeness (QED) is 0.827. The van der Waals surface area contributed by atoms with Gasteiger partial charge < -0.3 is 5.73 Å². The van der Waals surface area contributed by atoms with E-state index in [1.165, 1.54) is 16.9 Å². The molecular formula is C12H16N4O2S. The predicted octanol–water partition coefficient (Wildman–Crippen LogP) is 0.357. The molecule has 0 fully saturated rings. The van der Waals surface area contributed by atoms with Gasteiger partial charge in [-0.05, 0) is 17.2 Å². The summed E-state index contributed by atoms with van der Waals surface area (Å²) in [7, 11) is -1.96. The monoisotopic (exact) mass is 280 g/mol. The van der Waals surface area contributed by atoms with Crippen molar-refractivity contribution in [1.29, 1.82) is 0 Å². The Morgan fingerprint density at radius 1 is 1.32 bits per heavy atom. The lowest BCUT2D eigenvalue weighted by Gasteiger charge is -2.07. The zero-order valence-electron chi connectivity index (χ0n) is 10.6. The Kier molecular flexibility index (Phi) is 3.98. The van der Waals surface area contributed by atoms with Crippen molar-refractivity contribution in [2.75, 3.05) is 0 Å². The maximum Gasteiger partial charge on any atom is 0.258 e. The van der Waals surface area contributed by atoms with Gasteiger partial charge in [0.1, 0.15) is 0 Å². The molecule has 0 aliphatic heterocycles. The van der Waals surface area contributed by atoms with E-state index in [0.29, 0.717) is 6.54 Å². The Balaban J connectivity index is 2.12. The van der Waals surface area contributed by atoms with Crippen LogP contribution in [0.4, 0.5) is 0 Å². The summed E-state index contributed by atoms with van der Waals surface area (Å²) in [6, 6.07) is 8.95. The van der Waals surface area contributed by atoms with Crippen LogP contribution in [0.15, 0.2) is 41.6 Å². The van der Waals surface area contributed by atoms with Crippen molar-refractivity contribution in [2.45, 2.75) is 18.1 Å². The topological polar surface area (TPSA) is 90.0 Å². The van der Waals surface area contributed by atoms with Crippen molar-refractivity contribution < 1.29 is 8.42 Å². The third-order valence-electron chi connectivity index (χ3n) is 2.74. The third-order valence-corrected chi connectivity index (χ3v) is 4.22. The summed E-state index contributed by atoms with van der Waals surface area (Å²) in [5.41, 5.74) is 7.39.